The highest BCUT2D eigenvalue weighted by atomic mass is 16.4. The van der Waals surface area contributed by atoms with Crippen molar-refractivity contribution in [3.63, 3.8) is 0 Å². The number of carboxylic acids is 2. The van der Waals surface area contributed by atoms with Crippen LogP contribution in [0, 0.1) is 0 Å². The number of carbonyl (C=O) groups is 3. The second-order valence-corrected chi connectivity index (χ2v) is 3.39. The fraction of sp³-hybridized carbons (Fsp3) is 0.333. The van der Waals surface area contributed by atoms with Gasteiger partial charge in [-0.2, -0.15) is 0 Å². The molecular weight excluding hydrogens is 230 g/mol. The Bertz CT molecular complexity index is 453. The third-order valence-corrected chi connectivity index (χ3v) is 1.92. The summed E-state index contributed by atoms with van der Waals surface area (Å²) in [5, 5.41) is 19.3. The summed E-state index contributed by atoms with van der Waals surface area (Å²) in [6.07, 6.45) is 2.09. The van der Waals surface area contributed by atoms with Gasteiger partial charge in [-0.1, -0.05) is 0 Å². The molecule has 0 fully saturated rings. The number of carbonyl (C=O) groups excluding carboxylic acids is 1. The maximum Gasteiger partial charge on any atom is 0.326 e. The predicted octanol–water partition coefficient (Wildman–Crippen LogP) is -0.922. The number of imidazole rings is 1. The van der Waals surface area contributed by atoms with Gasteiger partial charge in [0.25, 0.3) is 5.91 Å². The van der Waals surface area contributed by atoms with Gasteiger partial charge in [0.15, 0.2) is 0 Å². The zero-order valence-electron chi connectivity index (χ0n) is 8.95. The van der Waals surface area contributed by atoms with Gasteiger partial charge in [-0.3, -0.25) is 9.59 Å². The molecule has 1 amide bonds. The molecular formula is C9H11N3O5. The Morgan fingerprint density at radius 2 is 2.12 bits per heavy atom. The number of rotatable bonds is 5. The van der Waals surface area contributed by atoms with Gasteiger partial charge in [-0.15, -0.1) is 0 Å². The monoisotopic (exact) mass is 241 g/mol. The Labute approximate surface area is 95.9 Å². The molecule has 1 heterocycles. The quantitative estimate of drug-likeness (QED) is 0.612. The van der Waals surface area contributed by atoms with Gasteiger partial charge in [-0.05, 0) is 0 Å². The van der Waals surface area contributed by atoms with Crippen molar-refractivity contribution in [2.75, 3.05) is 0 Å². The van der Waals surface area contributed by atoms with Crippen LogP contribution in [-0.4, -0.2) is 43.7 Å². The third-order valence-electron chi connectivity index (χ3n) is 1.92. The van der Waals surface area contributed by atoms with Gasteiger partial charge in [0.2, 0.25) is 0 Å². The summed E-state index contributed by atoms with van der Waals surface area (Å²) in [7, 11) is 1.65. The number of aromatic nitrogens is 2. The van der Waals surface area contributed by atoms with Crippen molar-refractivity contribution in [3.05, 3.63) is 18.2 Å². The fourth-order valence-corrected chi connectivity index (χ4v) is 1.14. The Morgan fingerprint density at radius 1 is 1.47 bits per heavy atom. The average Bonchev–Trinajstić information content (AvgIpc) is 2.63. The van der Waals surface area contributed by atoms with Crippen LogP contribution in [0.5, 0.6) is 0 Å². The standard InChI is InChI=1S/C9H11N3O5/c1-12-3-6(10-4-12)8(15)11-5(9(16)17)2-7(13)14/h3-5H,2H2,1H3,(H,11,15)(H,13,14)(H,16,17). The van der Waals surface area contributed by atoms with Gasteiger partial charge in [0.05, 0.1) is 12.7 Å². The van der Waals surface area contributed by atoms with Crippen molar-refractivity contribution < 1.29 is 24.6 Å². The molecule has 0 aliphatic carbocycles. The highest BCUT2D eigenvalue weighted by molar-refractivity contribution is 5.95. The Balaban J connectivity index is 2.70. The van der Waals surface area contributed by atoms with Gasteiger partial charge < -0.3 is 20.1 Å². The molecule has 8 nitrogen and oxygen atoms in total. The van der Waals surface area contributed by atoms with E-state index in [0.29, 0.717) is 0 Å². The molecule has 0 bridgehead atoms. The molecule has 0 radical (unpaired) electrons. The number of nitrogens with one attached hydrogen (secondary N) is 1. The van der Waals surface area contributed by atoms with Crippen molar-refractivity contribution in [1.29, 1.82) is 0 Å². The molecule has 1 aromatic rings. The third kappa shape index (κ3) is 3.59. The Hall–Kier alpha value is -2.38. The number of amides is 1. The van der Waals surface area contributed by atoms with E-state index in [2.05, 4.69) is 10.3 Å². The zero-order chi connectivity index (χ0) is 13.0. The number of hydrogen-bond donors (Lipinski definition) is 3. The average molecular weight is 241 g/mol. The zero-order valence-corrected chi connectivity index (χ0v) is 8.95. The van der Waals surface area contributed by atoms with E-state index in [1.807, 2.05) is 0 Å². The van der Waals surface area contributed by atoms with Crippen molar-refractivity contribution >= 4 is 17.8 Å². The van der Waals surface area contributed by atoms with Gasteiger partial charge in [-0.25, -0.2) is 9.78 Å². The van der Waals surface area contributed by atoms with Crippen molar-refractivity contribution in [2.45, 2.75) is 12.5 Å². The van der Waals surface area contributed by atoms with Gasteiger partial charge in [0, 0.05) is 13.2 Å². The summed E-state index contributed by atoms with van der Waals surface area (Å²) < 4.78 is 1.52. The van der Waals surface area contributed by atoms with E-state index in [9.17, 15) is 14.4 Å². The largest absolute Gasteiger partial charge is 0.481 e. The smallest absolute Gasteiger partial charge is 0.326 e. The lowest BCUT2D eigenvalue weighted by Gasteiger charge is -2.10. The molecule has 92 valence electrons. The lowest BCUT2D eigenvalue weighted by molar-refractivity contribution is -0.145. The Kier molecular flexibility index (Phi) is 3.81. The highest BCUT2D eigenvalue weighted by Gasteiger charge is 2.24. The number of aliphatic carboxylic acids is 2. The molecule has 0 aliphatic rings. The number of nitrogens with zero attached hydrogens (tertiary/aromatic N) is 2. The first-order chi connectivity index (χ1) is 7.90. The van der Waals surface area contributed by atoms with E-state index in [4.69, 9.17) is 10.2 Å². The first kappa shape index (κ1) is 12.7. The number of hydrogen-bond acceptors (Lipinski definition) is 4. The second-order valence-electron chi connectivity index (χ2n) is 3.39. The molecule has 0 spiro atoms. The normalized spacial score (nSPS) is 11.8. The summed E-state index contributed by atoms with van der Waals surface area (Å²) >= 11 is 0. The topological polar surface area (TPSA) is 122 Å². The van der Waals surface area contributed by atoms with E-state index >= 15 is 0 Å². The van der Waals surface area contributed by atoms with E-state index in [0.717, 1.165) is 0 Å². The molecule has 17 heavy (non-hydrogen) atoms. The van der Waals surface area contributed by atoms with Crippen LogP contribution < -0.4 is 5.32 Å². The van der Waals surface area contributed by atoms with Gasteiger partial charge >= 0.3 is 11.9 Å². The first-order valence-corrected chi connectivity index (χ1v) is 4.63. The molecule has 1 unspecified atom stereocenters. The van der Waals surface area contributed by atoms with Crippen LogP contribution >= 0.6 is 0 Å². The van der Waals surface area contributed by atoms with Crippen LogP contribution in [0.3, 0.4) is 0 Å². The summed E-state index contributed by atoms with van der Waals surface area (Å²) in [4.78, 5) is 36.3. The molecule has 0 aliphatic heterocycles. The maximum absolute atomic E-state index is 11.5. The van der Waals surface area contributed by atoms with Crippen molar-refractivity contribution in [3.8, 4) is 0 Å². The predicted molar refractivity (Wildman–Crippen MR) is 54.4 cm³/mol. The van der Waals surface area contributed by atoms with Crippen LogP contribution in [-0.2, 0) is 16.6 Å². The minimum Gasteiger partial charge on any atom is -0.481 e. The molecule has 1 aromatic heterocycles. The molecule has 0 aromatic carbocycles. The van der Waals surface area contributed by atoms with E-state index < -0.39 is 30.3 Å². The number of aryl methyl sites for hydroxylation is 1. The van der Waals surface area contributed by atoms with Crippen LogP contribution in [0.1, 0.15) is 16.9 Å². The Morgan fingerprint density at radius 3 is 2.53 bits per heavy atom. The molecule has 0 saturated carbocycles. The van der Waals surface area contributed by atoms with Crippen LogP contribution in [0.15, 0.2) is 12.5 Å². The molecule has 3 N–H and O–H groups in total. The van der Waals surface area contributed by atoms with E-state index in [1.54, 1.807) is 7.05 Å². The summed E-state index contributed by atoms with van der Waals surface area (Å²) in [5.41, 5.74) is 0.0316. The minimum absolute atomic E-state index is 0.0316. The minimum atomic E-state index is -1.47. The van der Waals surface area contributed by atoms with E-state index in [-0.39, 0.29) is 5.69 Å². The van der Waals surface area contributed by atoms with Crippen molar-refractivity contribution in [2.24, 2.45) is 7.05 Å². The van der Waals surface area contributed by atoms with Crippen LogP contribution in [0.25, 0.3) is 0 Å². The lowest BCUT2D eigenvalue weighted by atomic mass is 10.2. The highest BCUT2D eigenvalue weighted by Crippen LogP contribution is 1.98. The maximum atomic E-state index is 11.5. The molecule has 1 rings (SSSR count). The van der Waals surface area contributed by atoms with Crippen LogP contribution in [0.2, 0.25) is 0 Å². The SMILES string of the molecule is Cn1cnc(C(=O)NC(CC(=O)O)C(=O)O)c1. The van der Waals surface area contributed by atoms with Crippen LogP contribution in [0.4, 0.5) is 0 Å². The molecule has 0 saturated heterocycles. The van der Waals surface area contributed by atoms with E-state index in [1.165, 1.54) is 17.1 Å². The lowest BCUT2D eigenvalue weighted by Crippen LogP contribution is -2.42. The molecule has 8 heteroatoms. The summed E-state index contributed by atoms with van der Waals surface area (Å²) in [5.74, 6) is -3.44. The van der Waals surface area contributed by atoms with Gasteiger partial charge in [0.1, 0.15) is 11.7 Å². The fourth-order valence-electron chi connectivity index (χ4n) is 1.14. The number of carboxylic acid groups (broad SMARTS) is 2. The summed E-state index contributed by atoms with van der Waals surface area (Å²) in [6.45, 7) is 0. The van der Waals surface area contributed by atoms with Crippen molar-refractivity contribution in [1.82, 2.24) is 14.9 Å². The second kappa shape index (κ2) is 5.10. The summed E-state index contributed by atoms with van der Waals surface area (Å²) in [6, 6.07) is -1.47. The molecule has 1 atom stereocenters. The first-order valence-electron chi connectivity index (χ1n) is 4.63.